The summed E-state index contributed by atoms with van der Waals surface area (Å²) < 4.78 is 35.2. The molecule has 0 aromatic rings. The van der Waals surface area contributed by atoms with Crippen molar-refractivity contribution in [2.24, 2.45) is 74.4 Å². The largest absolute Gasteiger partial charge is 0.381 e. The summed E-state index contributed by atoms with van der Waals surface area (Å²) in [7, 11) is 6.99. The van der Waals surface area contributed by atoms with Gasteiger partial charge in [-0.25, -0.2) is 0 Å². The number of hydrogen-bond acceptors (Lipinski definition) is 8. The van der Waals surface area contributed by atoms with Gasteiger partial charge in [-0.3, -0.25) is 9.59 Å². The van der Waals surface area contributed by atoms with Crippen molar-refractivity contribution in [1.29, 1.82) is 0 Å². The van der Waals surface area contributed by atoms with E-state index >= 15 is 0 Å². The van der Waals surface area contributed by atoms with E-state index in [4.69, 9.17) is 34.8 Å². The van der Waals surface area contributed by atoms with E-state index in [9.17, 15) is 9.59 Å². The maximum atomic E-state index is 14.0. The average molecular weight is 757 g/mol. The highest BCUT2D eigenvalue weighted by Gasteiger charge is 2.69. The van der Waals surface area contributed by atoms with Crippen molar-refractivity contribution in [2.75, 3.05) is 42.0 Å². The number of hydrogen-bond donors (Lipinski definition) is 0. The van der Waals surface area contributed by atoms with Crippen molar-refractivity contribution in [2.45, 2.75) is 151 Å². The van der Waals surface area contributed by atoms with Gasteiger partial charge in [-0.2, -0.15) is 0 Å². The number of terminal acetylenes is 1. The molecule has 5 unspecified atom stereocenters. The van der Waals surface area contributed by atoms with E-state index in [2.05, 4.69) is 61.3 Å². The van der Waals surface area contributed by atoms with Crippen LogP contribution in [0.5, 0.6) is 0 Å². The third-order valence-corrected chi connectivity index (χ3v) is 18.1. The van der Waals surface area contributed by atoms with Crippen LogP contribution in [0.15, 0.2) is 0 Å². The summed E-state index contributed by atoms with van der Waals surface area (Å²) in [5.74, 6) is 5.32. The molecule has 0 aromatic heterocycles. The van der Waals surface area contributed by atoms with Crippen molar-refractivity contribution < 1.29 is 38.0 Å². The molecule has 0 amide bonds. The first-order valence-electron chi connectivity index (χ1n) is 21.3. The molecule has 6 aliphatic carbocycles. The molecule has 6 rings (SSSR count). The molecule has 4 bridgehead atoms. The lowest BCUT2D eigenvalue weighted by Crippen LogP contribution is -2.63. The average Bonchev–Trinajstić information content (AvgIpc) is 3.77. The Morgan fingerprint density at radius 2 is 1.15 bits per heavy atom. The second kappa shape index (κ2) is 16.5. The smallest absolute Gasteiger partial charge is 0.146 e. The van der Waals surface area contributed by atoms with Crippen LogP contribution in [0.4, 0.5) is 0 Å². The van der Waals surface area contributed by atoms with Gasteiger partial charge in [0.1, 0.15) is 25.2 Å². The molecule has 6 fully saturated rings. The third kappa shape index (κ3) is 6.59. The van der Waals surface area contributed by atoms with Crippen molar-refractivity contribution in [3.8, 4) is 12.3 Å². The van der Waals surface area contributed by atoms with Gasteiger partial charge in [-0.1, -0.05) is 62.3 Å². The lowest BCUT2D eigenvalue weighted by molar-refractivity contribution is -0.221. The fourth-order valence-corrected chi connectivity index (χ4v) is 14.2. The van der Waals surface area contributed by atoms with Crippen LogP contribution >= 0.6 is 0 Å². The quantitative estimate of drug-likeness (QED) is 0.171. The molecule has 0 radical (unpaired) electrons. The first kappa shape index (κ1) is 43.8. The van der Waals surface area contributed by atoms with E-state index in [0.717, 1.165) is 51.4 Å². The van der Waals surface area contributed by atoms with Gasteiger partial charge in [0.15, 0.2) is 0 Å². The SMILES string of the molecule is C#CC(C)[C@]1(C)C[C@@H](OCOC)[C@@]2(C)C3[C@H](OC)CCC3(CC[C@H]2C)[C@@H](C)C1=O.COCO[C@@H]1C[C@H](C)C(=O)[C@H](C)C23CC[C@@H](C)[C@]1(C)C2[C@H](OC)CC3. The summed E-state index contributed by atoms with van der Waals surface area (Å²) in [5, 5.41) is 0. The zero-order valence-corrected chi connectivity index (χ0v) is 36.3. The van der Waals surface area contributed by atoms with Crippen LogP contribution in [0.1, 0.15) is 127 Å². The minimum Gasteiger partial charge on any atom is -0.381 e. The predicted octanol–water partition coefficient (Wildman–Crippen LogP) is 8.78. The zero-order chi connectivity index (χ0) is 40.0. The number of carbonyl (C=O) groups is 2. The standard InChI is InChI=1S/C25H40O4.C21H36O4/c1-9-16(2)23(5)14-20(29-15-27-7)24(6)17(3)10-12-25(18(4)22(23)26)13-11-19(28-8)21(24)25;1-13-11-17(25-12-23-5)20(4)14(2)7-9-21(15(3)18(13)22)10-8-16(24-6)19(20)21/h1,16-21H,10-15H2,2-8H3;13-17,19H,7-12H2,1-6H3/t16?,17-,18+,19-,20-,21?,23+,24+,25?;13-,14+,15-,16+,17+,19?,20-,21?/m10/s1. The van der Waals surface area contributed by atoms with Crippen molar-refractivity contribution >= 4 is 11.6 Å². The van der Waals surface area contributed by atoms with Crippen LogP contribution in [0.2, 0.25) is 0 Å². The molecule has 8 nitrogen and oxygen atoms in total. The third-order valence-electron chi connectivity index (χ3n) is 18.1. The van der Waals surface area contributed by atoms with Gasteiger partial charge in [-0.15, -0.1) is 12.3 Å². The summed E-state index contributed by atoms with van der Waals surface area (Å²) in [6.07, 6.45) is 16.4. The van der Waals surface area contributed by atoms with Gasteiger partial charge in [0.05, 0.1) is 24.4 Å². The number of methoxy groups -OCH3 is 4. The number of carbonyl (C=O) groups excluding carboxylic acids is 2. The number of rotatable bonds is 9. The Morgan fingerprint density at radius 1 is 0.704 bits per heavy atom. The van der Waals surface area contributed by atoms with Crippen LogP contribution in [0.25, 0.3) is 0 Å². The molecule has 54 heavy (non-hydrogen) atoms. The summed E-state index contributed by atoms with van der Waals surface area (Å²) in [5.41, 5.74) is -0.657. The molecule has 6 saturated carbocycles. The van der Waals surface area contributed by atoms with Gasteiger partial charge < -0.3 is 28.4 Å². The Morgan fingerprint density at radius 3 is 1.61 bits per heavy atom. The highest BCUT2D eigenvalue weighted by molar-refractivity contribution is 5.88. The molecule has 0 aromatic carbocycles. The Bertz CT molecular complexity index is 1380. The molecule has 308 valence electrons. The molecule has 0 heterocycles. The first-order chi connectivity index (χ1) is 25.5. The predicted molar refractivity (Wildman–Crippen MR) is 211 cm³/mol. The van der Waals surface area contributed by atoms with Crippen LogP contribution < -0.4 is 0 Å². The minimum atomic E-state index is -0.603. The van der Waals surface area contributed by atoms with Gasteiger partial charge in [-0.05, 0) is 98.7 Å². The van der Waals surface area contributed by atoms with Gasteiger partial charge in [0.2, 0.25) is 0 Å². The Hall–Kier alpha value is -1.34. The molecule has 0 aliphatic heterocycles. The van der Waals surface area contributed by atoms with Crippen LogP contribution in [-0.2, 0) is 38.0 Å². The van der Waals surface area contributed by atoms with E-state index in [0.29, 0.717) is 48.5 Å². The van der Waals surface area contributed by atoms with E-state index in [1.165, 1.54) is 6.42 Å². The Balaban J connectivity index is 0.000000210. The van der Waals surface area contributed by atoms with E-state index < -0.39 is 5.41 Å². The monoisotopic (exact) mass is 757 g/mol. The van der Waals surface area contributed by atoms with Gasteiger partial charge >= 0.3 is 0 Å². The lowest BCUT2D eigenvalue weighted by Gasteiger charge is -2.62. The fraction of sp³-hybridized carbons (Fsp3) is 0.913. The molecule has 6 aliphatic rings. The molecular formula is C46H76O8. The second-order valence-electron chi connectivity index (χ2n) is 19.6. The summed E-state index contributed by atoms with van der Waals surface area (Å²) in [4.78, 5) is 27.2. The number of Topliss-reactive ketones (excluding diaryl/α,β-unsaturated/α-hetero) is 2. The van der Waals surface area contributed by atoms with Crippen molar-refractivity contribution in [3.05, 3.63) is 0 Å². The maximum Gasteiger partial charge on any atom is 0.146 e. The van der Waals surface area contributed by atoms with Crippen LogP contribution in [0, 0.1) is 86.8 Å². The van der Waals surface area contributed by atoms with E-state index in [1.54, 1.807) is 14.2 Å². The fourth-order valence-electron chi connectivity index (χ4n) is 14.2. The van der Waals surface area contributed by atoms with Gasteiger partial charge in [0.25, 0.3) is 0 Å². The van der Waals surface area contributed by atoms with Crippen molar-refractivity contribution in [3.63, 3.8) is 0 Å². The highest BCUT2D eigenvalue weighted by atomic mass is 16.7. The van der Waals surface area contributed by atoms with E-state index in [-0.39, 0.29) is 76.5 Å². The first-order valence-corrected chi connectivity index (χ1v) is 21.3. The van der Waals surface area contributed by atoms with Crippen molar-refractivity contribution in [1.82, 2.24) is 0 Å². The van der Waals surface area contributed by atoms with Crippen LogP contribution in [0.3, 0.4) is 0 Å². The Labute approximate surface area is 328 Å². The van der Waals surface area contributed by atoms with E-state index in [1.807, 2.05) is 21.1 Å². The number of ketones is 2. The normalized spacial score (nSPS) is 49.2. The van der Waals surface area contributed by atoms with Gasteiger partial charge in [0, 0.05) is 68.4 Å². The molecule has 0 N–H and O–H groups in total. The highest BCUT2D eigenvalue weighted by Crippen LogP contribution is 2.70. The molecular weight excluding hydrogens is 680 g/mol. The van der Waals surface area contributed by atoms with Crippen LogP contribution in [-0.4, -0.2) is 78.0 Å². The summed E-state index contributed by atoms with van der Waals surface area (Å²) >= 11 is 0. The minimum absolute atomic E-state index is 0.0111. The zero-order valence-electron chi connectivity index (χ0n) is 36.3. The molecule has 0 spiro atoms. The molecule has 17 atom stereocenters. The Kier molecular flexibility index (Phi) is 13.4. The topological polar surface area (TPSA) is 89.5 Å². The maximum absolute atomic E-state index is 14.0. The molecule has 8 heteroatoms. The lowest BCUT2D eigenvalue weighted by atomic mass is 9.43. The molecule has 0 saturated heterocycles. The summed E-state index contributed by atoms with van der Waals surface area (Å²) in [6, 6.07) is 0. The summed E-state index contributed by atoms with van der Waals surface area (Å²) in [6.45, 7) is 20.6. The second-order valence-corrected chi connectivity index (χ2v) is 19.6. The number of ether oxygens (including phenoxy) is 6.